The molecule has 2 amide bonds. The molecule has 0 aliphatic rings. The summed E-state index contributed by atoms with van der Waals surface area (Å²) >= 11 is 6.14. The van der Waals surface area contributed by atoms with Gasteiger partial charge in [-0.25, -0.2) is 0 Å². The Kier molecular flexibility index (Phi) is 6.78. The van der Waals surface area contributed by atoms with Crippen LogP contribution in [0.2, 0.25) is 5.02 Å². The molecule has 0 radical (unpaired) electrons. The molecule has 2 aromatic carbocycles. The van der Waals surface area contributed by atoms with E-state index in [4.69, 9.17) is 16.9 Å². The zero-order chi connectivity index (χ0) is 22.5. The van der Waals surface area contributed by atoms with Crippen LogP contribution in [0.25, 0.3) is 5.69 Å². The zero-order valence-electron chi connectivity index (χ0n) is 17.6. The number of nitrogens with zero attached hydrogens (tertiary/aromatic N) is 2. The molecule has 6 nitrogen and oxygen atoms in total. The van der Waals surface area contributed by atoms with Crippen molar-refractivity contribution in [3.63, 3.8) is 0 Å². The van der Waals surface area contributed by atoms with Crippen LogP contribution in [-0.4, -0.2) is 22.9 Å². The number of rotatable bonds is 6. The molecule has 158 valence electrons. The second-order valence-corrected chi connectivity index (χ2v) is 7.72. The van der Waals surface area contributed by atoms with Crippen molar-refractivity contribution in [2.75, 3.05) is 11.9 Å². The third-order valence-electron chi connectivity index (χ3n) is 4.97. The summed E-state index contributed by atoms with van der Waals surface area (Å²) in [5, 5.41) is 15.0. The van der Waals surface area contributed by atoms with Crippen LogP contribution in [0.5, 0.6) is 0 Å². The molecule has 7 heteroatoms. The molecule has 0 spiro atoms. The van der Waals surface area contributed by atoms with Gasteiger partial charge in [-0.05, 0) is 68.8 Å². The van der Waals surface area contributed by atoms with Crippen molar-refractivity contribution in [1.29, 1.82) is 5.26 Å². The molecule has 1 aromatic heterocycles. The number of halogens is 1. The number of nitriles is 1. The topological polar surface area (TPSA) is 86.9 Å². The SMILES string of the molecule is Cc1ccc(NC(=O)CCNC(=O)c2cc(C)n(-c3ccc(C#N)cc3)c2C)c(Cl)c1. The highest BCUT2D eigenvalue weighted by Gasteiger charge is 2.17. The van der Waals surface area contributed by atoms with Gasteiger partial charge in [0, 0.05) is 30.0 Å². The lowest BCUT2D eigenvalue weighted by molar-refractivity contribution is -0.116. The fraction of sp³-hybridized carbons (Fsp3) is 0.208. The van der Waals surface area contributed by atoms with E-state index in [1.165, 1.54) is 0 Å². The highest BCUT2D eigenvalue weighted by molar-refractivity contribution is 6.33. The summed E-state index contributed by atoms with van der Waals surface area (Å²) in [6.45, 7) is 5.91. The summed E-state index contributed by atoms with van der Waals surface area (Å²) in [6.07, 6.45) is 0.129. The van der Waals surface area contributed by atoms with E-state index in [1.54, 1.807) is 24.3 Å². The maximum absolute atomic E-state index is 12.7. The highest BCUT2D eigenvalue weighted by atomic mass is 35.5. The van der Waals surface area contributed by atoms with Crippen molar-refractivity contribution in [2.45, 2.75) is 27.2 Å². The molecule has 31 heavy (non-hydrogen) atoms. The van der Waals surface area contributed by atoms with Crippen LogP contribution in [0.3, 0.4) is 0 Å². The van der Waals surface area contributed by atoms with Gasteiger partial charge in [-0.1, -0.05) is 17.7 Å². The number of aryl methyl sites for hydroxylation is 2. The van der Waals surface area contributed by atoms with E-state index < -0.39 is 0 Å². The van der Waals surface area contributed by atoms with E-state index in [-0.39, 0.29) is 24.8 Å². The minimum absolute atomic E-state index is 0.129. The standard InChI is InChI=1S/C24H23ClN4O2/c1-15-4-9-22(21(25)12-15)28-23(30)10-11-27-24(31)20-13-16(2)29(17(20)3)19-7-5-18(14-26)6-8-19/h4-9,12-13H,10-11H2,1-3H3,(H,27,31)(H,28,30). The number of hydrogen-bond acceptors (Lipinski definition) is 3. The number of aromatic nitrogens is 1. The second-order valence-electron chi connectivity index (χ2n) is 7.32. The summed E-state index contributed by atoms with van der Waals surface area (Å²) in [4.78, 5) is 24.9. The van der Waals surface area contributed by atoms with E-state index in [0.29, 0.717) is 21.8 Å². The Bertz CT molecular complexity index is 1170. The van der Waals surface area contributed by atoms with Gasteiger partial charge in [0.2, 0.25) is 5.91 Å². The van der Waals surface area contributed by atoms with Crippen molar-refractivity contribution < 1.29 is 9.59 Å². The fourth-order valence-electron chi connectivity index (χ4n) is 3.39. The molecule has 0 atom stereocenters. The molecule has 3 rings (SSSR count). The fourth-order valence-corrected chi connectivity index (χ4v) is 3.68. The van der Waals surface area contributed by atoms with Gasteiger partial charge in [0.05, 0.1) is 27.9 Å². The van der Waals surface area contributed by atoms with Crippen molar-refractivity contribution in [3.05, 3.63) is 81.6 Å². The maximum atomic E-state index is 12.7. The first kappa shape index (κ1) is 22.1. The number of nitrogens with one attached hydrogen (secondary N) is 2. The Morgan fingerprint density at radius 3 is 2.42 bits per heavy atom. The average molecular weight is 435 g/mol. The molecule has 2 N–H and O–H groups in total. The van der Waals surface area contributed by atoms with E-state index in [9.17, 15) is 9.59 Å². The number of hydrogen-bond donors (Lipinski definition) is 2. The normalized spacial score (nSPS) is 10.4. The first-order valence-electron chi connectivity index (χ1n) is 9.84. The monoisotopic (exact) mass is 434 g/mol. The van der Waals surface area contributed by atoms with Crippen LogP contribution in [0.1, 0.15) is 39.3 Å². The predicted molar refractivity (Wildman–Crippen MR) is 122 cm³/mol. The van der Waals surface area contributed by atoms with Crippen LogP contribution in [0.15, 0.2) is 48.5 Å². The molecule has 0 bridgehead atoms. The van der Waals surface area contributed by atoms with Gasteiger partial charge >= 0.3 is 0 Å². The first-order chi connectivity index (χ1) is 14.8. The number of carbonyl (C=O) groups excluding carboxylic acids is 2. The van der Waals surface area contributed by atoms with Crippen molar-refractivity contribution >= 4 is 29.1 Å². The molecule has 1 heterocycles. The molecule has 0 aliphatic heterocycles. The lowest BCUT2D eigenvalue weighted by Gasteiger charge is -2.11. The Hall–Kier alpha value is -3.56. The average Bonchev–Trinajstić information content (AvgIpc) is 3.04. The molecule has 0 saturated heterocycles. The largest absolute Gasteiger partial charge is 0.351 e. The molecule has 0 fully saturated rings. The summed E-state index contributed by atoms with van der Waals surface area (Å²) in [6, 6.07) is 16.5. The quantitative estimate of drug-likeness (QED) is 0.590. The van der Waals surface area contributed by atoms with Gasteiger partial charge in [0.15, 0.2) is 0 Å². The minimum atomic E-state index is -0.242. The maximum Gasteiger partial charge on any atom is 0.253 e. The van der Waals surface area contributed by atoms with Gasteiger partial charge in [-0.15, -0.1) is 0 Å². The third kappa shape index (κ3) is 5.14. The zero-order valence-corrected chi connectivity index (χ0v) is 18.4. The lowest BCUT2D eigenvalue weighted by atomic mass is 10.2. The number of anilines is 1. The summed E-state index contributed by atoms with van der Waals surface area (Å²) < 4.78 is 1.96. The van der Waals surface area contributed by atoms with Crippen molar-refractivity contribution in [1.82, 2.24) is 9.88 Å². The van der Waals surface area contributed by atoms with Crippen LogP contribution >= 0.6 is 11.6 Å². The van der Waals surface area contributed by atoms with Gasteiger partial charge in [0.25, 0.3) is 5.91 Å². The minimum Gasteiger partial charge on any atom is -0.351 e. The number of carbonyl (C=O) groups is 2. The van der Waals surface area contributed by atoms with Gasteiger partial charge in [0.1, 0.15) is 0 Å². The Labute approximate surface area is 186 Å². The van der Waals surface area contributed by atoms with E-state index in [0.717, 1.165) is 22.6 Å². The molecular weight excluding hydrogens is 412 g/mol. The van der Waals surface area contributed by atoms with E-state index in [1.807, 2.05) is 49.6 Å². The van der Waals surface area contributed by atoms with Crippen LogP contribution in [0.4, 0.5) is 5.69 Å². The van der Waals surface area contributed by atoms with Gasteiger partial charge in [-0.2, -0.15) is 5.26 Å². The first-order valence-corrected chi connectivity index (χ1v) is 10.2. The number of benzene rings is 2. The Balaban J connectivity index is 1.62. The van der Waals surface area contributed by atoms with E-state index in [2.05, 4.69) is 16.7 Å². The number of amides is 2. The molecule has 0 aliphatic carbocycles. The van der Waals surface area contributed by atoms with Gasteiger partial charge in [-0.3, -0.25) is 9.59 Å². The summed E-state index contributed by atoms with van der Waals surface area (Å²) in [5.74, 6) is -0.469. The van der Waals surface area contributed by atoms with Crippen molar-refractivity contribution in [3.8, 4) is 11.8 Å². The van der Waals surface area contributed by atoms with Crippen LogP contribution < -0.4 is 10.6 Å². The summed E-state index contributed by atoms with van der Waals surface area (Å²) in [7, 11) is 0. The van der Waals surface area contributed by atoms with E-state index >= 15 is 0 Å². The van der Waals surface area contributed by atoms with Crippen molar-refractivity contribution in [2.24, 2.45) is 0 Å². The second kappa shape index (κ2) is 9.50. The molecular formula is C24H23ClN4O2. The molecule has 0 saturated carbocycles. The van der Waals surface area contributed by atoms with Gasteiger partial charge < -0.3 is 15.2 Å². The predicted octanol–water partition coefficient (Wildman–Crippen LogP) is 4.69. The molecule has 3 aromatic rings. The van der Waals surface area contributed by atoms with Crippen LogP contribution in [0, 0.1) is 32.1 Å². The Morgan fingerprint density at radius 1 is 1.06 bits per heavy atom. The lowest BCUT2D eigenvalue weighted by Crippen LogP contribution is -2.28. The smallest absolute Gasteiger partial charge is 0.253 e. The highest BCUT2D eigenvalue weighted by Crippen LogP contribution is 2.23. The summed E-state index contributed by atoms with van der Waals surface area (Å²) in [5.41, 5.74) is 5.25. The van der Waals surface area contributed by atoms with Crippen LogP contribution in [-0.2, 0) is 4.79 Å². The Morgan fingerprint density at radius 2 is 1.77 bits per heavy atom. The third-order valence-corrected chi connectivity index (χ3v) is 5.28. The molecule has 0 unspecified atom stereocenters.